The van der Waals surface area contributed by atoms with Crippen molar-refractivity contribution < 1.29 is 0 Å². The Morgan fingerprint density at radius 1 is 1.29 bits per heavy atom. The molecular formula is C18H26BrNS. The van der Waals surface area contributed by atoms with E-state index >= 15 is 0 Å². The van der Waals surface area contributed by atoms with Crippen LogP contribution in [0, 0.1) is 11.3 Å². The minimum absolute atomic E-state index is 0.400. The maximum Gasteiger partial charge on any atom is 0.0488 e. The van der Waals surface area contributed by atoms with Crippen LogP contribution in [-0.4, -0.2) is 7.05 Å². The molecule has 116 valence electrons. The lowest BCUT2D eigenvalue weighted by molar-refractivity contribution is 0.279. The fraction of sp³-hybridized carbons (Fsp3) is 0.556. The van der Waals surface area contributed by atoms with Gasteiger partial charge in [-0.25, -0.2) is 0 Å². The monoisotopic (exact) mass is 367 g/mol. The number of halogens is 1. The van der Waals surface area contributed by atoms with Gasteiger partial charge in [0.05, 0.1) is 0 Å². The predicted octanol–water partition coefficient (Wildman–Crippen LogP) is 6.39. The van der Waals surface area contributed by atoms with Crippen LogP contribution in [0.5, 0.6) is 0 Å². The lowest BCUT2D eigenvalue weighted by Crippen LogP contribution is -2.21. The number of rotatable bonds is 5. The van der Waals surface area contributed by atoms with E-state index in [-0.39, 0.29) is 0 Å². The summed E-state index contributed by atoms with van der Waals surface area (Å²) in [5, 5.41) is 7.23. The third-order valence-corrected chi connectivity index (χ3v) is 5.88. The smallest absolute Gasteiger partial charge is 0.0488 e. The van der Waals surface area contributed by atoms with E-state index in [1.54, 1.807) is 0 Å². The van der Waals surface area contributed by atoms with E-state index in [1.807, 2.05) is 11.3 Å². The molecule has 0 bridgehead atoms. The average Bonchev–Trinajstić information content (AvgIpc) is 2.79. The molecular weight excluding hydrogens is 342 g/mol. The van der Waals surface area contributed by atoms with Gasteiger partial charge in [0.2, 0.25) is 0 Å². The quantitative estimate of drug-likeness (QED) is 0.645. The van der Waals surface area contributed by atoms with E-state index in [2.05, 4.69) is 79.6 Å². The van der Waals surface area contributed by atoms with Gasteiger partial charge >= 0.3 is 0 Å². The van der Waals surface area contributed by atoms with Crippen LogP contribution in [0.1, 0.15) is 52.1 Å². The number of hydrogen-bond donors (Lipinski definition) is 1. The first-order chi connectivity index (χ1) is 9.81. The Hall–Kier alpha value is -0.380. The zero-order valence-electron chi connectivity index (χ0n) is 13.7. The summed E-state index contributed by atoms with van der Waals surface area (Å²) in [6.45, 7) is 9.36. The molecule has 2 atom stereocenters. The molecule has 0 aliphatic carbocycles. The Balaban J connectivity index is 2.22. The highest BCUT2D eigenvalue weighted by Crippen LogP contribution is 2.38. The van der Waals surface area contributed by atoms with Crippen LogP contribution in [0.15, 0.2) is 28.1 Å². The normalized spacial score (nSPS) is 15.3. The molecule has 1 N–H and O–H groups in total. The SMILES string of the molecule is CNC(CC(C)CC(C)(C)C)c1csc2c(Br)cccc12. The minimum atomic E-state index is 0.400. The van der Waals surface area contributed by atoms with Crippen LogP contribution in [0.3, 0.4) is 0 Å². The summed E-state index contributed by atoms with van der Waals surface area (Å²) < 4.78 is 2.56. The Bertz CT molecular complexity index is 597. The highest BCUT2D eigenvalue weighted by Gasteiger charge is 2.21. The summed E-state index contributed by atoms with van der Waals surface area (Å²) >= 11 is 5.50. The van der Waals surface area contributed by atoms with E-state index in [4.69, 9.17) is 0 Å². The number of thiophene rings is 1. The molecule has 0 aliphatic rings. The molecule has 1 heterocycles. The van der Waals surface area contributed by atoms with Crippen molar-refractivity contribution in [3.05, 3.63) is 33.6 Å². The minimum Gasteiger partial charge on any atom is -0.313 e. The fourth-order valence-electron chi connectivity index (χ4n) is 3.24. The van der Waals surface area contributed by atoms with Crippen molar-refractivity contribution in [1.82, 2.24) is 5.32 Å². The summed E-state index contributed by atoms with van der Waals surface area (Å²) in [5.74, 6) is 0.713. The second kappa shape index (κ2) is 6.80. The van der Waals surface area contributed by atoms with Gasteiger partial charge in [-0.15, -0.1) is 11.3 Å². The first-order valence-electron chi connectivity index (χ1n) is 7.64. The second-order valence-corrected chi connectivity index (χ2v) is 8.99. The van der Waals surface area contributed by atoms with Crippen LogP contribution >= 0.6 is 27.3 Å². The van der Waals surface area contributed by atoms with Gasteiger partial charge < -0.3 is 5.32 Å². The average molecular weight is 368 g/mol. The van der Waals surface area contributed by atoms with Gasteiger partial charge in [-0.3, -0.25) is 0 Å². The summed E-state index contributed by atoms with van der Waals surface area (Å²) in [6, 6.07) is 6.93. The Kier molecular flexibility index (Phi) is 5.50. The summed E-state index contributed by atoms with van der Waals surface area (Å²) in [6.07, 6.45) is 2.45. The molecule has 0 fully saturated rings. The topological polar surface area (TPSA) is 12.0 Å². The zero-order valence-corrected chi connectivity index (χ0v) is 16.1. The van der Waals surface area contributed by atoms with Crippen molar-refractivity contribution in [2.75, 3.05) is 7.05 Å². The molecule has 0 spiro atoms. The third-order valence-electron chi connectivity index (χ3n) is 3.90. The molecule has 1 aromatic carbocycles. The van der Waals surface area contributed by atoms with E-state index < -0.39 is 0 Å². The molecule has 2 rings (SSSR count). The standard InChI is InChI=1S/C18H26BrNS/c1-12(10-18(2,3)4)9-16(20-5)14-11-21-17-13(14)7-6-8-15(17)19/h6-8,11-12,16,20H,9-10H2,1-5H3. The second-order valence-electron chi connectivity index (χ2n) is 7.25. The lowest BCUT2D eigenvalue weighted by Gasteiger charge is -2.26. The maximum absolute atomic E-state index is 3.66. The molecule has 21 heavy (non-hydrogen) atoms. The van der Waals surface area contributed by atoms with Gasteiger partial charge in [0.15, 0.2) is 0 Å². The maximum atomic E-state index is 3.66. The number of benzene rings is 1. The van der Waals surface area contributed by atoms with Crippen LogP contribution in [0.4, 0.5) is 0 Å². The molecule has 2 unspecified atom stereocenters. The largest absolute Gasteiger partial charge is 0.313 e. The van der Waals surface area contributed by atoms with Gasteiger partial charge in [-0.05, 0) is 69.5 Å². The molecule has 1 nitrogen and oxygen atoms in total. The summed E-state index contributed by atoms with van der Waals surface area (Å²) in [7, 11) is 2.08. The van der Waals surface area contributed by atoms with Crippen molar-refractivity contribution in [1.29, 1.82) is 0 Å². The molecule has 0 saturated heterocycles. The van der Waals surface area contributed by atoms with Gasteiger partial charge in [-0.2, -0.15) is 0 Å². The van der Waals surface area contributed by atoms with Crippen molar-refractivity contribution in [3.63, 3.8) is 0 Å². The molecule has 3 heteroatoms. The lowest BCUT2D eigenvalue weighted by atomic mass is 9.82. The number of fused-ring (bicyclic) bond motifs is 1. The van der Waals surface area contributed by atoms with Gasteiger partial charge in [0.1, 0.15) is 0 Å². The Morgan fingerprint density at radius 2 is 2.00 bits per heavy atom. The highest BCUT2D eigenvalue weighted by molar-refractivity contribution is 9.10. The van der Waals surface area contributed by atoms with Crippen molar-refractivity contribution >= 4 is 37.4 Å². The Labute approximate surface area is 141 Å². The molecule has 0 aliphatic heterocycles. The molecule has 0 saturated carbocycles. The van der Waals surface area contributed by atoms with E-state index in [9.17, 15) is 0 Å². The van der Waals surface area contributed by atoms with Crippen LogP contribution in [0.25, 0.3) is 10.1 Å². The van der Waals surface area contributed by atoms with Gasteiger partial charge in [0, 0.05) is 15.2 Å². The van der Waals surface area contributed by atoms with E-state index in [0.717, 1.165) is 0 Å². The van der Waals surface area contributed by atoms with Gasteiger partial charge in [0.25, 0.3) is 0 Å². The first kappa shape index (κ1) is 17.0. The summed E-state index contributed by atoms with van der Waals surface area (Å²) in [5.41, 5.74) is 1.84. The predicted molar refractivity (Wildman–Crippen MR) is 99.2 cm³/mol. The van der Waals surface area contributed by atoms with Crippen LogP contribution in [-0.2, 0) is 0 Å². The fourth-order valence-corrected chi connectivity index (χ4v) is 4.92. The molecule has 1 aromatic heterocycles. The van der Waals surface area contributed by atoms with E-state index in [0.29, 0.717) is 17.4 Å². The van der Waals surface area contributed by atoms with Crippen molar-refractivity contribution in [2.45, 2.75) is 46.6 Å². The Morgan fingerprint density at radius 3 is 2.62 bits per heavy atom. The molecule has 0 radical (unpaired) electrons. The molecule has 2 aromatic rings. The van der Waals surface area contributed by atoms with Crippen molar-refractivity contribution in [3.8, 4) is 0 Å². The van der Waals surface area contributed by atoms with Crippen LogP contribution in [0.2, 0.25) is 0 Å². The zero-order chi connectivity index (χ0) is 15.6. The van der Waals surface area contributed by atoms with Crippen LogP contribution < -0.4 is 5.32 Å². The summed E-state index contributed by atoms with van der Waals surface area (Å²) in [4.78, 5) is 0. The number of hydrogen-bond acceptors (Lipinski definition) is 2. The highest BCUT2D eigenvalue weighted by atomic mass is 79.9. The van der Waals surface area contributed by atoms with E-state index in [1.165, 1.54) is 33.0 Å². The number of nitrogens with one attached hydrogen (secondary N) is 1. The van der Waals surface area contributed by atoms with Gasteiger partial charge in [-0.1, -0.05) is 39.8 Å². The molecule has 0 amide bonds. The van der Waals surface area contributed by atoms with Crippen molar-refractivity contribution in [2.24, 2.45) is 11.3 Å². The first-order valence-corrected chi connectivity index (χ1v) is 9.32. The third kappa shape index (κ3) is 4.30.